The highest BCUT2D eigenvalue weighted by Crippen LogP contribution is 2.19. The number of hydrogen-bond donors (Lipinski definition) is 3. The third kappa shape index (κ3) is 4.18. The molecule has 1 aliphatic heterocycles. The fourth-order valence-corrected chi connectivity index (χ4v) is 1.72. The first-order valence-corrected chi connectivity index (χ1v) is 6.33. The minimum Gasteiger partial charge on any atom is -0.481 e. The van der Waals surface area contributed by atoms with Crippen molar-refractivity contribution >= 4 is 12.0 Å². The van der Waals surface area contributed by atoms with Crippen molar-refractivity contribution < 1.29 is 19.4 Å². The molecule has 2 amide bonds. The highest BCUT2D eigenvalue weighted by Gasteiger charge is 2.31. The molecule has 1 fully saturated rings. The van der Waals surface area contributed by atoms with Crippen LogP contribution in [0.4, 0.5) is 4.79 Å². The molecule has 1 rings (SSSR count). The summed E-state index contributed by atoms with van der Waals surface area (Å²) in [5.74, 6) is -0.897. The lowest BCUT2D eigenvalue weighted by atomic mass is 9.88. The Bertz CT molecular complexity index is 302. The van der Waals surface area contributed by atoms with Gasteiger partial charge in [0.2, 0.25) is 0 Å². The lowest BCUT2D eigenvalue weighted by molar-refractivity contribution is -0.147. The Hall–Kier alpha value is -1.30. The molecule has 0 aromatic heterocycles. The molecule has 3 N–H and O–H groups in total. The Balaban J connectivity index is 2.33. The van der Waals surface area contributed by atoms with E-state index in [-0.39, 0.29) is 18.6 Å². The molecule has 6 heteroatoms. The minimum atomic E-state index is -0.916. The van der Waals surface area contributed by atoms with Crippen molar-refractivity contribution in [2.45, 2.75) is 39.2 Å². The molecule has 0 spiro atoms. The van der Waals surface area contributed by atoms with Gasteiger partial charge in [-0.25, -0.2) is 4.79 Å². The van der Waals surface area contributed by atoms with Crippen LogP contribution in [0.5, 0.6) is 0 Å². The standard InChI is InChI=1S/C12H22N2O4/c1-3-12(2,10(15)16)8-13-11(17)14-9-5-4-6-18-7-9/h9H,3-8H2,1-2H3,(H,15,16)(H2,13,14,17). The summed E-state index contributed by atoms with van der Waals surface area (Å²) in [6, 6.07) is -0.303. The van der Waals surface area contributed by atoms with E-state index in [1.54, 1.807) is 13.8 Å². The number of aliphatic carboxylic acids is 1. The van der Waals surface area contributed by atoms with E-state index in [0.717, 1.165) is 19.4 Å². The first kappa shape index (κ1) is 14.8. The molecule has 2 unspecified atom stereocenters. The van der Waals surface area contributed by atoms with E-state index in [2.05, 4.69) is 10.6 Å². The number of amides is 2. The fraction of sp³-hybridized carbons (Fsp3) is 0.833. The van der Waals surface area contributed by atoms with Crippen molar-refractivity contribution in [3.8, 4) is 0 Å². The average molecular weight is 258 g/mol. The number of rotatable bonds is 5. The van der Waals surface area contributed by atoms with Crippen molar-refractivity contribution in [2.24, 2.45) is 5.41 Å². The maximum Gasteiger partial charge on any atom is 0.315 e. The van der Waals surface area contributed by atoms with Crippen LogP contribution in [-0.4, -0.2) is 42.9 Å². The molecular formula is C12H22N2O4. The van der Waals surface area contributed by atoms with Crippen molar-refractivity contribution in [1.29, 1.82) is 0 Å². The molecule has 0 saturated carbocycles. The Labute approximate surface area is 107 Å². The number of ether oxygens (including phenoxy) is 1. The Kier molecular flexibility index (Phi) is 5.40. The topological polar surface area (TPSA) is 87.7 Å². The molecule has 0 radical (unpaired) electrons. The zero-order chi connectivity index (χ0) is 13.6. The second-order valence-electron chi connectivity index (χ2n) is 4.96. The van der Waals surface area contributed by atoms with Gasteiger partial charge in [-0.05, 0) is 26.2 Å². The van der Waals surface area contributed by atoms with E-state index < -0.39 is 11.4 Å². The predicted octanol–water partition coefficient (Wildman–Crippen LogP) is 0.965. The van der Waals surface area contributed by atoms with Gasteiger partial charge < -0.3 is 20.5 Å². The molecule has 0 aromatic carbocycles. The SMILES string of the molecule is CCC(C)(CNC(=O)NC1CCCOC1)C(=O)O. The van der Waals surface area contributed by atoms with Gasteiger partial charge in [0.05, 0.1) is 18.1 Å². The quantitative estimate of drug-likeness (QED) is 0.685. The summed E-state index contributed by atoms with van der Waals surface area (Å²) in [6.07, 6.45) is 2.30. The second-order valence-corrected chi connectivity index (χ2v) is 4.96. The van der Waals surface area contributed by atoms with Crippen LogP contribution < -0.4 is 10.6 Å². The van der Waals surface area contributed by atoms with Gasteiger partial charge in [-0.3, -0.25) is 4.79 Å². The Morgan fingerprint density at radius 3 is 2.72 bits per heavy atom. The smallest absolute Gasteiger partial charge is 0.315 e. The molecule has 6 nitrogen and oxygen atoms in total. The minimum absolute atomic E-state index is 0.0245. The van der Waals surface area contributed by atoms with Gasteiger partial charge in [-0.2, -0.15) is 0 Å². The van der Waals surface area contributed by atoms with Gasteiger partial charge in [0.1, 0.15) is 0 Å². The van der Waals surface area contributed by atoms with Crippen LogP contribution >= 0.6 is 0 Å². The molecule has 1 saturated heterocycles. The Morgan fingerprint density at radius 1 is 1.50 bits per heavy atom. The number of hydrogen-bond acceptors (Lipinski definition) is 3. The van der Waals surface area contributed by atoms with Crippen LogP contribution in [-0.2, 0) is 9.53 Å². The maximum absolute atomic E-state index is 11.6. The van der Waals surface area contributed by atoms with Crippen molar-refractivity contribution in [1.82, 2.24) is 10.6 Å². The molecule has 2 atom stereocenters. The predicted molar refractivity (Wildman–Crippen MR) is 66.4 cm³/mol. The van der Waals surface area contributed by atoms with Crippen molar-refractivity contribution in [3.63, 3.8) is 0 Å². The largest absolute Gasteiger partial charge is 0.481 e. The van der Waals surface area contributed by atoms with Crippen LogP contribution in [0.3, 0.4) is 0 Å². The number of carbonyl (C=O) groups is 2. The second kappa shape index (κ2) is 6.58. The number of carbonyl (C=O) groups excluding carboxylic acids is 1. The van der Waals surface area contributed by atoms with Crippen LogP contribution in [0.25, 0.3) is 0 Å². The highest BCUT2D eigenvalue weighted by molar-refractivity contribution is 5.77. The van der Waals surface area contributed by atoms with Gasteiger partial charge in [0, 0.05) is 13.2 Å². The molecular weight excluding hydrogens is 236 g/mol. The van der Waals surface area contributed by atoms with E-state index in [9.17, 15) is 9.59 Å². The molecule has 0 aromatic rings. The number of carboxylic acids is 1. The van der Waals surface area contributed by atoms with Gasteiger partial charge in [-0.1, -0.05) is 6.92 Å². The summed E-state index contributed by atoms with van der Waals surface area (Å²) in [5.41, 5.74) is -0.916. The van der Waals surface area contributed by atoms with E-state index >= 15 is 0 Å². The van der Waals surface area contributed by atoms with Gasteiger partial charge >= 0.3 is 12.0 Å². The lowest BCUT2D eigenvalue weighted by Gasteiger charge is -2.26. The summed E-state index contributed by atoms with van der Waals surface area (Å²) in [7, 11) is 0. The van der Waals surface area contributed by atoms with Gasteiger partial charge in [0.25, 0.3) is 0 Å². The first-order chi connectivity index (χ1) is 8.48. The zero-order valence-corrected chi connectivity index (χ0v) is 11.0. The third-order valence-corrected chi connectivity index (χ3v) is 3.43. The maximum atomic E-state index is 11.6. The van der Waals surface area contributed by atoms with E-state index in [1.165, 1.54) is 0 Å². The summed E-state index contributed by atoms with van der Waals surface area (Å²) in [6.45, 7) is 4.81. The third-order valence-electron chi connectivity index (χ3n) is 3.43. The van der Waals surface area contributed by atoms with Gasteiger partial charge in [0.15, 0.2) is 0 Å². The monoisotopic (exact) mass is 258 g/mol. The molecule has 104 valence electrons. The van der Waals surface area contributed by atoms with Gasteiger partial charge in [-0.15, -0.1) is 0 Å². The zero-order valence-electron chi connectivity index (χ0n) is 11.0. The van der Waals surface area contributed by atoms with Crippen LogP contribution in [0.15, 0.2) is 0 Å². The first-order valence-electron chi connectivity index (χ1n) is 6.33. The van der Waals surface area contributed by atoms with E-state index in [1.807, 2.05) is 0 Å². The lowest BCUT2D eigenvalue weighted by Crippen LogP contribution is -2.49. The molecule has 1 aliphatic rings. The number of nitrogens with one attached hydrogen (secondary N) is 2. The van der Waals surface area contributed by atoms with Crippen molar-refractivity contribution in [3.05, 3.63) is 0 Å². The average Bonchev–Trinajstić information content (AvgIpc) is 2.37. The Morgan fingerprint density at radius 2 is 2.22 bits per heavy atom. The van der Waals surface area contributed by atoms with E-state index in [0.29, 0.717) is 13.0 Å². The molecule has 0 bridgehead atoms. The summed E-state index contributed by atoms with van der Waals surface area (Å²) < 4.78 is 5.25. The van der Waals surface area contributed by atoms with Crippen LogP contribution in [0, 0.1) is 5.41 Å². The number of carboxylic acid groups (broad SMARTS) is 1. The molecule has 1 heterocycles. The molecule has 18 heavy (non-hydrogen) atoms. The van der Waals surface area contributed by atoms with Crippen LogP contribution in [0.1, 0.15) is 33.1 Å². The summed E-state index contributed by atoms with van der Waals surface area (Å²) >= 11 is 0. The number of urea groups is 1. The van der Waals surface area contributed by atoms with Crippen LogP contribution in [0.2, 0.25) is 0 Å². The summed E-state index contributed by atoms with van der Waals surface area (Å²) in [5, 5.41) is 14.5. The molecule has 0 aliphatic carbocycles. The normalized spacial score (nSPS) is 22.9. The van der Waals surface area contributed by atoms with E-state index in [4.69, 9.17) is 9.84 Å². The highest BCUT2D eigenvalue weighted by atomic mass is 16.5. The fourth-order valence-electron chi connectivity index (χ4n) is 1.72. The summed E-state index contributed by atoms with van der Waals surface area (Å²) in [4.78, 5) is 22.7. The van der Waals surface area contributed by atoms with Crippen molar-refractivity contribution in [2.75, 3.05) is 19.8 Å².